The number of anilines is 1. The molecule has 4 nitrogen and oxygen atoms in total. The molecule has 150 valence electrons. The molecule has 1 aliphatic rings. The number of rotatable bonds is 4. The lowest BCUT2D eigenvalue weighted by molar-refractivity contribution is -0.274. The average molecular weight is 399 g/mol. The first-order chi connectivity index (χ1) is 13.9. The molecule has 1 aliphatic carbocycles. The number of fused-ring (bicyclic) bond motifs is 1. The summed E-state index contributed by atoms with van der Waals surface area (Å²) in [6.45, 7) is 1.80. The molecule has 0 spiro atoms. The van der Waals surface area contributed by atoms with Crippen molar-refractivity contribution in [2.45, 2.75) is 38.6 Å². The van der Waals surface area contributed by atoms with Crippen LogP contribution in [0.1, 0.15) is 35.8 Å². The number of benzene rings is 2. The van der Waals surface area contributed by atoms with Gasteiger partial charge in [0.15, 0.2) is 0 Å². The molecule has 0 saturated carbocycles. The van der Waals surface area contributed by atoms with Crippen molar-refractivity contribution in [3.63, 3.8) is 0 Å². The minimum absolute atomic E-state index is 0.171. The van der Waals surface area contributed by atoms with E-state index < -0.39 is 6.36 Å². The second-order valence-corrected chi connectivity index (χ2v) is 7.05. The van der Waals surface area contributed by atoms with Crippen molar-refractivity contribution in [3.05, 3.63) is 71.5 Å². The molecule has 0 radical (unpaired) electrons. The zero-order valence-corrected chi connectivity index (χ0v) is 15.8. The summed E-state index contributed by atoms with van der Waals surface area (Å²) in [6, 6.07) is 16.1. The van der Waals surface area contributed by atoms with E-state index in [1.165, 1.54) is 23.3 Å². The van der Waals surface area contributed by atoms with E-state index in [1.807, 2.05) is 12.1 Å². The molecule has 0 aliphatic heterocycles. The molecule has 0 bridgehead atoms. The predicted molar refractivity (Wildman–Crippen MR) is 105 cm³/mol. The lowest BCUT2D eigenvalue weighted by Crippen LogP contribution is -2.18. The first kappa shape index (κ1) is 19.2. The Bertz CT molecular complexity index is 1000. The Labute approximate surface area is 166 Å². The van der Waals surface area contributed by atoms with Gasteiger partial charge in [-0.3, -0.25) is 0 Å². The summed E-state index contributed by atoms with van der Waals surface area (Å²) in [6.07, 6.45) is -1.51. The highest BCUT2D eigenvalue weighted by atomic mass is 19.4. The van der Waals surface area contributed by atoms with Crippen molar-refractivity contribution in [3.8, 4) is 17.0 Å². The Morgan fingerprint density at radius 3 is 2.55 bits per heavy atom. The fourth-order valence-corrected chi connectivity index (χ4v) is 3.70. The minimum atomic E-state index is -4.71. The van der Waals surface area contributed by atoms with Gasteiger partial charge in [-0.2, -0.15) is 0 Å². The van der Waals surface area contributed by atoms with Gasteiger partial charge in [-0.05, 0) is 61.6 Å². The van der Waals surface area contributed by atoms with Gasteiger partial charge in [-0.1, -0.05) is 24.3 Å². The predicted octanol–water partition coefficient (Wildman–Crippen LogP) is 5.84. The normalized spacial score (nSPS) is 16.2. The standard InChI is InChI=1S/C22H20F3N3O/c1-14-26-20(16-9-11-17(12-10-16)29-22(23,24)25)13-21(27-14)28-19-8-4-6-15-5-2-3-7-18(15)19/h2-3,5,7,9-13,19H,4,6,8H2,1H3,(H,26,27,28). The van der Waals surface area contributed by atoms with Crippen LogP contribution in [0.25, 0.3) is 11.3 Å². The van der Waals surface area contributed by atoms with Gasteiger partial charge in [0.25, 0.3) is 0 Å². The van der Waals surface area contributed by atoms with Gasteiger partial charge in [0.05, 0.1) is 11.7 Å². The SMILES string of the molecule is Cc1nc(NC2CCCc3ccccc32)cc(-c2ccc(OC(F)(F)F)cc2)n1. The monoisotopic (exact) mass is 399 g/mol. The van der Waals surface area contributed by atoms with E-state index in [-0.39, 0.29) is 11.8 Å². The molecule has 2 aromatic carbocycles. The van der Waals surface area contributed by atoms with Gasteiger partial charge in [-0.25, -0.2) is 9.97 Å². The Kier molecular flexibility index (Phi) is 5.13. The average Bonchev–Trinajstić information content (AvgIpc) is 2.67. The van der Waals surface area contributed by atoms with Gasteiger partial charge < -0.3 is 10.1 Å². The minimum Gasteiger partial charge on any atom is -0.406 e. The third-order valence-electron chi connectivity index (χ3n) is 4.91. The Morgan fingerprint density at radius 2 is 1.79 bits per heavy atom. The maximum atomic E-state index is 12.3. The second kappa shape index (κ2) is 7.73. The highest BCUT2D eigenvalue weighted by Gasteiger charge is 2.31. The van der Waals surface area contributed by atoms with E-state index in [0.717, 1.165) is 19.3 Å². The molecule has 0 saturated heterocycles. The molecule has 29 heavy (non-hydrogen) atoms. The van der Waals surface area contributed by atoms with Crippen LogP contribution in [0.3, 0.4) is 0 Å². The lowest BCUT2D eigenvalue weighted by atomic mass is 9.88. The molecule has 4 rings (SSSR count). The number of alkyl halides is 3. The quantitative estimate of drug-likeness (QED) is 0.599. The number of hydrogen-bond donors (Lipinski definition) is 1. The highest BCUT2D eigenvalue weighted by molar-refractivity contribution is 5.63. The molecule has 1 atom stereocenters. The van der Waals surface area contributed by atoms with Crippen molar-refractivity contribution < 1.29 is 17.9 Å². The van der Waals surface area contributed by atoms with Gasteiger partial charge >= 0.3 is 6.36 Å². The fraction of sp³-hybridized carbons (Fsp3) is 0.273. The molecule has 1 N–H and O–H groups in total. The van der Waals surface area contributed by atoms with Crippen LogP contribution in [0.5, 0.6) is 5.75 Å². The number of aromatic nitrogens is 2. The number of nitrogens with zero attached hydrogens (tertiary/aromatic N) is 2. The van der Waals surface area contributed by atoms with Crippen LogP contribution in [0.15, 0.2) is 54.6 Å². The number of nitrogens with one attached hydrogen (secondary N) is 1. The first-order valence-electron chi connectivity index (χ1n) is 9.43. The van der Waals surface area contributed by atoms with E-state index in [0.29, 0.717) is 22.9 Å². The van der Waals surface area contributed by atoms with Crippen molar-refractivity contribution >= 4 is 5.82 Å². The van der Waals surface area contributed by atoms with Crippen LogP contribution in [0.4, 0.5) is 19.0 Å². The Hall–Kier alpha value is -3.09. The first-order valence-corrected chi connectivity index (χ1v) is 9.43. The Morgan fingerprint density at radius 1 is 1.03 bits per heavy atom. The third kappa shape index (κ3) is 4.67. The van der Waals surface area contributed by atoms with Crippen molar-refractivity contribution in [1.82, 2.24) is 9.97 Å². The van der Waals surface area contributed by atoms with Crippen LogP contribution in [0, 0.1) is 6.92 Å². The summed E-state index contributed by atoms with van der Waals surface area (Å²) in [4.78, 5) is 8.93. The van der Waals surface area contributed by atoms with E-state index in [2.05, 4.69) is 38.2 Å². The zero-order valence-electron chi connectivity index (χ0n) is 15.8. The van der Waals surface area contributed by atoms with Gasteiger partial charge in [0.2, 0.25) is 0 Å². The molecule has 0 fully saturated rings. The van der Waals surface area contributed by atoms with Crippen molar-refractivity contribution in [2.24, 2.45) is 0 Å². The van der Waals surface area contributed by atoms with E-state index in [9.17, 15) is 13.2 Å². The van der Waals surface area contributed by atoms with Crippen LogP contribution in [-0.4, -0.2) is 16.3 Å². The van der Waals surface area contributed by atoms with Crippen molar-refractivity contribution in [1.29, 1.82) is 0 Å². The maximum absolute atomic E-state index is 12.3. The number of hydrogen-bond acceptors (Lipinski definition) is 4. The number of ether oxygens (including phenoxy) is 1. The van der Waals surface area contributed by atoms with Gasteiger partial charge in [0, 0.05) is 11.6 Å². The smallest absolute Gasteiger partial charge is 0.406 e. The third-order valence-corrected chi connectivity index (χ3v) is 4.91. The summed E-state index contributed by atoms with van der Waals surface area (Å²) in [5, 5.41) is 3.51. The second-order valence-electron chi connectivity index (χ2n) is 7.05. The molecular formula is C22H20F3N3O. The molecule has 0 amide bonds. The molecule has 7 heteroatoms. The number of aryl methyl sites for hydroxylation is 2. The molecular weight excluding hydrogens is 379 g/mol. The number of halogens is 3. The van der Waals surface area contributed by atoms with E-state index in [1.54, 1.807) is 19.1 Å². The largest absolute Gasteiger partial charge is 0.573 e. The molecule has 1 unspecified atom stereocenters. The summed E-state index contributed by atoms with van der Waals surface area (Å²) in [7, 11) is 0. The highest BCUT2D eigenvalue weighted by Crippen LogP contribution is 2.33. The molecule has 1 heterocycles. The van der Waals surface area contributed by atoms with Crippen LogP contribution < -0.4 is 10.1 Å². The zero-order chi connectivity index (χ0) is 20.4. The van der Waals surface area contributed by atoms with Crippen LogP contribution >= 0.6 is 0 Å². The van der Waals surface area contributed by atoms with Crippen LogP contribution in [-0.2, 0) is 6.42 Å². The Balaban J connectivity index is 1.57. The van der Waals surface area contributed by atoms with Crippen LogP contribution in [0.2, 0.25) is 0 Å². The van der Waals surface area contributed by atoms with Gasteiger partial charge in [-0.15, -0.1) is 13.2 Å². The van der Waals surface area contributed by atoms with E-state index in [4.69, 9.17) is 0 Å². The molecule has 3 aromatic rings. The van der Waals surface area contributed by atoms with Gasteiger partial charge in [0.1, 0.15) is 17.4 Å². The lowest BCUT2D eigenvalue weighted by Gasteiger charge is -2.27. The summed E-state index contributed by atoms with van der Waals surface area (Å²) in [5.41, 5.74) is 3.97. The van der Waals surface area contributed by atoms with E-state index >= 15 is 0 Å². The summed E-state index contributed by atoms with van der Waals surface area (Å²) >= 11 is 0. The summed E-state index contributed by atoms with van der Waals surface area (Å²) < 4.78 is 41.0. The van der Waals surface area contributed by atoms with Crippen molar-refractivity contribution in [2.75, 3.05) is 5.32 Å². The molecule has 1 aromatic heterocycles. The topological polar surface area (TPSA) is 47.0 Å². The fourth-order valence-electron chi connectivity index (χ4n) is 3.70. The summed E-state index contributed by atoms with van der Waals surface area (Å²) in [5.74, 6) is 1.03. The maximum Gasteiger partial charge on any atom is 0.573 e.